The van der Waals surface area contributed by atoms with Gasteiger partial charge in [0, 0.05) is 24.5 Å². The van der Waals surface area contributed by atoms with Gasteiger partial charge in [-0.15, -0.1) is 0 Å². The van der Waals surface area contributed by atoms with Crippen molar-refractivity contribution in [2.45, 2.75) is 0 Å². The summed E-state index contributed by atoms with van der Waals surface area (Å²) in [6, 6.07) is 0. The molecule has 0 aliphatic rings. The van der Waals surface area contributed by atoms with Crippen LogP contribution in [-0.2, 0) is 26.0 Å². The third-order valence-electron chi connectivity index (χ3n) is 0. The van der Waals surface area contributed by atoms with Crippen LogP contribution in [0.5, 0.6) is 0 Å². The molecule has 0 aliphatic carbocycles. The molecule has 0 heterocycles. The molecule has 5 heavy (non-hydrogen) atoms. The van der Waals surface area contributed by atoms with Crippen molar-refractivity contribution < 1.29 is 26.0 Å². The summed E-state index contributed by atoms with van der Waals surface area (Å²) in [6.07, 6.45) is 0. The Morgan fingerprint density at radius 2 is 1.20 bits per heavy atom. The van der Waals surface area contributed by atoms with Crippen LogP contribution in [0.15, 0.2) is 0 Å². The molecule has 0 fully saturated rings. The predicted molar refractivity (Wildman–Crippen MR) is 10.4 cm³/mol. The Balaban J connectivity index is -0.0000000200. The van der Waals surface area contributed by atoms with Crippen LogP contribution in [0.1, 0.15) is 0 Å². The molecule has 0 aromatic heterocycles. The van der Waals surface area contributed by atoms with E-state index < -0.39 is 9.29 Å². The van der Waals surface area contributed by atoms with E-state index in [1.54, 1.807) is 0 Å². The van der Waals surface area contributed by atoms with Crippen molar-refractivity contribution in [1.82, 2.24) is 0 Å². The molecule has 0 bridgehead atoms. The van der Waals surface area contributed by atoms with E-state index >= 15 is 0 Å². The number of rotatable bonds is 0. The van der Waals surface area contributed by atoms with Crippen LogP contribution in [0.3, 0.4) is 0 Å². The second kappa shape index (κ2) is 27.0. The molecule has 0 aliphatic heterocycles. The molecular formula is CCuO2Si. The van der Waals surface area contributed by atoms with Crippen molar-refractivity contribution in [3.8, 4) is 0 Å². The molecule has 31 valence electrons. The molecular weight excluding hydrogens is 136 g/mol. The zero-order chi connectivity index (χ0) is 2.71. The van der Waals surface area contributed by atoms with E-state index in [0.29, 0.717) is 0 Å². The molecule has 0 aromatic rings. The Morgan fingerprint density at radius 1 is 1.20 bits per heavy atom. The average molecular weight is 136 g/mol. The minimum atomic E-state index is -1.42. The molecule has 0 aromatic carbocycles. The largest absolute Gasteiger partial charge is 0.549 e. The van der Waals surface area contributed by atoms with Gasteiger partial charge >= 0.3 is 9.29 Å². The topological polar surface area (TPSA) is 34.1 Å². The van der Waals surface area contributed by atoms with E-state index in [1.165, 1.54) is 0 Å². The second-order valence-corrected chi connectivity index (χ2v) is 0.250. The van der Waals surface area contributed by atoms with Crippen molar-refractivity contribution in [2.24, 2.45) is 0 Å². The van der Waals surface area contributed by atoms with E-state index in [4.69, 9.17) is 8.92 Å². The maximum absolute atomic E-state index is 8.40. The molecule has 0 amide bonds. The Kier molecular flexibility index (Phi) is 99.4. The molecule has 5 radical (unpaired) electrons. The number of hydrogen-bond donors (Lipinski definition) is 0. The standard InChI is InChI=1S/C.Cu.O2Si/c;;1-3-2. The van der Waals surface area contributed by atoms with Crippen LogP contribution in [0.25, 0.3) is 0 Å². The van der Waals surface area contributed by atoms with Gasteiger partial charge in [-0.2, -0.15) is 0 Å². The molecule has 0 saturated heterocycles. The van der Waals surface area contributed by atoms with Crippen LogP contribution in [0.2, 0.25) is 0 Å². The van der Waals surface area contributed by atoms with E-state index in [9.17, 15) is 0 Å². The predicted octanol–water partition coefficient (Wildman–Crippen LogP) is -0.540. The summed E-state index contributed by atoms with van der Waals surface area (Å²) in [7, 11) is -1.42. The van der Waals surface area contributed by atoms with Crippen LogP contribution in [0, 0.1) is 7.43 Å². The van der Waals surface area contributed by atoms with Gasteiger partial charge in [-0.05, 0) is 0 Å². The van der Waals surface area contributed by atoms with Crippen LogP contribution < -0.4 is 0 Å². The molecule has 0 N–H and O–H groups in total. The molecule has 4 heteroatoms. The van der Waals surface area contributed by atoms with Gasteiger partial charge in [0.2, 0.25) is 0 Å². The summed E-state index contributed by atoms with van der Waals surface area (Å²) >= 11 is 0. The van der Waals surface area contributed by atoms with Gasteiger partial charge in [-0.1, -0.05) is 0 Å². The first-order valence-corrected chi connectivity index (χ1v) is 1.22. The molecule has 0 unspecified atom stereocenters. The maximum Gasteiger partial charge on any atom is 0.549 e. The zero-order valence-corrected chi connectivity index (χ0v) is 4.06. The van der Waals surface area contributed by atoms with Crippen molar-refractivity contribution in [3.63, 3.8) is 0 Å². The fourth-order valence-corrected chi connectivity index (χ4v) is 0. The second-order valence-electron chi connectivity index (χ2n) is 0.0833. The van der Waals surface area contributed by atoms with E-state index in [2.05, 4.69) is 0 Å². The summed E-state index contributed by atoms with van der Waals surface area (Å²) in [5.41, 5.74) is 0. The first-order chi connectivity index (χ1) is 1.41. The summed E-state index contributed by atoms with van der Waals surface area (Å²) in [6.45, 7) is 0. The molecule has 0 rings (SSSR count). The molecule has 0 atom stereocenters. The fourth-order valence-electron chi connectivity index (χ4n) is 0. The van der Waals surface area contributed by atoms with Crippen molar-refractivity contribution in [2.75, 3.05) is 0 Å². The van der Waals surface area contributed by atoms with Crippen LogP contribution >= 0.6 is 0 Å². The SMILES string of the molecule is O=[Si]=O.[C].[Cu]. The van der Waals surface area contributed by atoms with Gasteiger partial charge in [0.05, 0.1) is 0 Å². The zero-order valence-electron chi connectivity index (χ0n) is 2.12. The Bertz CT molecular complexity index is 30.6. The van der Waals surface area contributed by atoms with E-state index in [-0.39, 0.29) is 24.5 Å². The third-order valence-corrected chi connectivity index (χ3v) is 0. The molecule has 0 spiro atoms. The minimum absolute atomic E-state index is 0. The van der Waals surface area contributed by atoms with Gasteiger partial charge in [-0.3, -0.25) is 8.92 Å². The van der Waals surface area contributed by atoms with Gasteiger partial charge in [0.25, 0.3) is 0 Å². The summed E-state index contributed by atoms with van der Waals surface area (Å²) in [5, 5.41) is 0. The van der Waals surface area contributed by atoms with Gasteiger partial charge in [0.1, 0.15) is 0 Å². The van der Waals surface area contributed by atoms with Gasteiger partial charge in [-0.25, -0.2) is 0 Å². The average Bonchev–Trinajstić information content (AvgIpc) is 0.918. The van der Waals surface area contributed by atoms with Crippen molar-refractivity contribution in [1.29, 1.82) is 0 Å². The maximum atomic E-state index is 8.40. The summed E-state index contributed by atoms with van der Waals surface area (Å²) < 4.78 is 16.8. The van der Waals surface area contributed by atoms with E-state index in [1.807, 2.05) is 0 Å². The first kappa shape index (κ1) is 18.4. The van der Waals surface area contributed by atoms with Crippen LogP contribution in [0.4, 0.5) is 0 Å². The normalized spacial score (nSPS) is 1.60. The monoisotopic (exact) mass is 135 g/mol. The van der Waals surface area contributed by atoms with E-state index in [0.717, 1.165) is 0 Å². The van der Waals surface area contributed by atoms with Crippen molar-refractivity contribution >= 4 is 9.29 Å². The third kappa shape index (κ3) is 209. The molecule has 0 saturated carbocycles. The number of hydrogen-bond acceptors (Lipinski definition) is 2. The van der Waals surface area contributed by atoms with Crippen LogP contribution in [-0.4, -0.2) is 9.29 Å². The smallest absolute Gasteiger partial charge is 0.274 e. The Hall–Kier alpha value is 0.336. The van der Waals surface area contributed by atoms with Gasteiger partial charge < -0.3 is 0 Å². The first-order valence-electron chi connectivity index (χ1n) is 0.408. The molecule has 2 nitrogen and oxygen atoms in total. The van der Waals surface area contributed by atoms with Crippen molar-refractivity contribution in [3.05, 3.63) is 7.43 Å². The van der Waals surface area contributed by atoms with Gasteiger partial charge in [0.15, 0.2) is 0 Å². The minimum Gasteiger partial charge on any atom is -0.274 e. The Morgan fingerprint density at radius 3 is 1.20 bits per heavy atom. The fraction of sp³-hybridized carbons (Fsp3) is 0. The summed E-state index contributed by atoms with van der Waals surface area (Å²) in [5.74, 6) is 0. The quantitative estimate of drug-likeness (QED) is 0.418. The Labute approximate surface area is 43.4 Å². The summed E-state index contributed by atoms with van der Waals surface area (Å²) in [4.78, 5) is 0.